The van der Waals surface area contributed by atoms with Crippen LogP contribution in [0.25, 0.3) is 10.8 Å². The lowest BCUT2D eigenvalue weighted by molar-refractivity contribution is -0.122. The zero-order valence-electron chi connectivity index (χ0n) is 16.1. The Bertz CT molecular complexity index is 1040. The van der Waals surface area contributed by atoms with E-state index in [-0.39, 0.29) is 22.7 Å². The van der Waals surface area contributed by atoms with Crippen molar-refractivity contribution in [3.05, 3.63) is 57.5 Å². The molecule has 0 spiro atoms. The zero-order chi connectivity index (χ0) is 20.4. The van der Waals surface area contributed by atoms with Crippen molar-refractivity contribution in [2.75, 3.05) is 7.11 Å². The smallest absolute Gasteiger partial charge is 0.347 e. The molecule has 0 aliphatic carbocycles. The standard InChI is InChI=1S/C21H22N2O4S/c1-11(14-5-6-16-10-17(27-4)8-7-15(16)9-14)19(24)22-13(3)20-23-12(2)18(28-20)21(25)26/h5-11,13H,1-4H3,(H,22,24)(H,25,26)/t11-,13?/m0/s1. The molecular weight excluding hydrogens is 376 g/mol. The van der Waals surface area contributed by atoms with Gasteiger partial charge in [-0.25, -0.2) is 9.78 Å². The lowest BCUT2D eigenvalue weighted by atomic mass is 9.97. The SMILES string of the molecule is COc1ccc2cc([C@H](C)C(=O)NC(C)c3nc(C)c(C(=O)O)s3)ccc2c1. The van der Waals surface area contributed by atoms with Crippen LogP contribution in [0.1, 0.15) is 51.7 Å². The number of benzene rings is 2. The second kappa shape index (κ2) is 7.98. The summed E-state index contributed by atoms with van der Waals surface area (Å²) < 4.78 is 5.24. The summed E-state index contributed by atoms with van der Waals surface area (Å²) in [6.07, 6.45) is 0. The summed E-state index contributed by atoms with van der Waals surface area (Å²) in [4.78, 5) is 28.4. The fourth-order valence-electron chi connectivity index (χ4n) is 2.99. The Morgan fingerprint density at radius 1 is 1.14 bits per heavy atom. The number of aromatic carboxylic acids is 1. The number of amides is 1. The fourth-order valence-corrected chi connectivity index (χ4v) is 3.90. The fraction of sp³-hybridized carbons (Fsp3) is 0.286. The zero-order valence-corrected chi connectivity index (χ0v) is 17.0. The molecule has 1 aromatic heterocycles. The second-order valence-electron chi connectivity index (χ2n) is 6.70. The molecule has 1 amide bonds. The number of methoxy groups -OCH3 is 1. The average molecular weight is 398 g/mol. The third-order valence-corrected chi connectivity index (χ3v) is 6.03. The number of carbonyl (C=O) groups is 2. The van der Waals surface area contributed by atoms with E-state index in [9.17, 15) is 14.7 Å². The lowest BCUT2D eigenvalue weighted by Crippen LogP contribution is -2.30. The molecule has 3 rings (SSSR count). The number of rotatable bonds is 6. The van der Waals surface area contributed by atoms with Crippen LogP contribution in [0.2, 0.25) is 0 Å². The number of fused-ring (bicyclic) bond motifs is 1. The van der Waals surface area contributed by atoms with Gasteiger partial charge >= 0.3 is 5.97 Å². The average Bonchev–Trinajstić information content (AvgIpc) is 3.08. The van der Waals surface area contributed by atoms with Crippen LogP contribution in [0.5, 0.6) is 5.75 Å². The Morgan fingerprint density at radius 3 is 2.46 bits per heavy atom. The third kappa shape index (κ3) is 3.99. The maximum absolute atomic E-state index is 12.7. The molecular formula is C21H22N2O4S. The minimum atomic E-state index is -0.999. The highest BCUT2D eigenvalue weighted by Gasteiger charge is 2.22. The number of aryl methyl sites for hydroxylation is 1. The number of aromatic nitrogens is 1. The van der Waals surface area contributed by atoms with E-state index in [0.717, 1.165) is 33.4 Å². The Hall–Kier alpha value is -2.93. The molecule has 2 aromatic carbocycles. The van der Waals surface area contributed by atoms with Gasteiger partial charge in [0.05, 0.1) is 24.8 Å². The molecule has 146 valence electrons. The summed E-state index contributed by atoms with van der Waals surface area (Å²) in [5.74, 6) is -0.695. The van der Waals surface area contributed by atoms with Gasteiger partial charge in [-0.3, -0.25) is 4.79 Å². The van der Waals surface area contributed by atoms with Crippen molar-refractivity contribution in [3.63, 3.8) is 0 Å². The first-order valence-electron chi connectivity index (χ1n) is 8.89. The summed E-state index contributed by atoms with van der Waals surface area (Å²) in [6, 6.07) is 11.4. The number of hydrogen-bond donors (Lipinski definition) is 2. The van der Waals surface area contributed by atoms with Crippen LogP contribution in [-0.4, -0.2) is 29.1 Å². The maximum atomic E-state index is 12.7. The maximum Gasteiger partial charge on any atom is 0.347 e. The molecule has 0 saturated carbocycles. The highest BCUT2D eigenvalue weighted by Crippen LogP contribution is 2.27. The highest BCUT2D eigenvalue weighted by molar-refractivity contribution is 7.13. The largest absolute Gasteiger partial charge is 0.497 e. The number of thiazole rings is 1. The monoisotopic (exact) mass is 398 g/mol. The Kier molecular flexibility index (Phi) is 5.65. The summed E-state index contributed by atoms with van der Waals surface area (Å²) in [7, 11) is 1.63. The van der Waals surface area contributed by atoms with Gasteiger partial charge in [-0.15, -0.1) is 11.3 Å². The van der Waals surface area contributed by atoms with Crippen LogP contribution in [0, 0.1) is 6.92 Å². The van der Waals surface area contributed by atoms with E-state index in [1.54, 1.807) is 21.0 Å². The molecule has 6 nitrogen and oxygen atoms in total. The first-order valence-corrected chi connectivity index (χ1v) is 9.70. The van der Waals surface area contributed by atoms with Gasteiger partial charge in [0.1, 0.15) is 15.6 Å². The van der Waals surface area contributed by atoms with E-state index in [1.807, 2.05) is 43.3 Å². The lowest BCUT2D eigenvalue weighted by Gasteiger charge is -2.17. The van der Waals surface area contributed by atoms with Gasteiger partial charge in [-0.2, -0.15) is 0 Å². The number of hydrogen-bond acceptors (Lipinski definition) is 5. The number of ether oxygens (including phenoxy) is 1. The topological polar surface area (TPSA) is 88.5 Å². The number of carbonyl (C=O) groups excluding carboxylic acids is 1. The first kappa shape index (κ1) is 19.8. The first-order chi connectivity index (χ1) is 13.3. The summed E-state index contributed by atoms with van der Waals surface area (Å²) in [6.45, 7) is 5.31. The van der Waals surface area contributed by atoms with E-state index in [0.29, 0.717) is 10.7 Å². The van der Waals surface area contributed by atoms with Gasteiger partial charge in [0.2, 0.25) is 5.91 Å². The van der Waals surface area contributed by atoms with Crippen LogP contribution < -0.4 is 10.1 Å². The van der Waals surface area contributed by atoms with Crippen molar-refractivity contribution < 1.29 is 19.4 Å². The molecule has 2 atom stereocenters. The third-order valence-electron chi connectivity index (χ3n) is 4.70. The Labute approximate surface area is 167 Å². The predicted molar refractivity (Wildman–Crippen MR) is 109 cm³/mol. The van der Waals surface area contributed by atoms with Crippen molar-refractivity contribution >= 4 is 34.0 Å². The molecule has 0 aliphatic rings. The van der Waals surface area contributed by atoms with E-state index in [2.05, 4.69) is 10.3 Å². The molecule has 1 heterocycles. The Morgan fingerprint density at radius 2 is 1.82 bits per heavy atom. The van der Waals surface area contributed by atoms with Gasteiger partial charge in [0.25, 0.3) is 0 Å². The molecule has 0 radical (unpaired) electrons. The van der Waals surface area contributed by atoms with Crippen molar-refractivity contribution in [1.29, 1.82) is 0 Å². The summed E-state index contributed by atoms with van der Waals surface area (Å²) in [5, 5.41) is 14.8. The second-order valence-corrected chi connectivity index (χ2v) is 7.73. The van der Waals surface area contributed by atoms with Gasteiger partial charge in [-0.05, 0) is 49.2 Å². The van der Waals surface area contributed by atoms with Crippen LogP contribution in [-0.2, 0) is 4.79 Å². The molecule has 1 unspecified atom stereocenters. The summed E-state index contributed by atoms with van der Waals surface area (Å²) in [5.41, 5.74) is 1.37. The number of nitrogens with zero attached hydrogens (tertiary/aromatic N) is 1. The molecule has 7 heteroatoms. The van der Waals surface area contributed by atoms with Gasteiger partial charge < -0.3 is 15.2 Å². The van der Waals surface area contributed by atoms with Gasteiger partial charge in [-0.1, -0.05) is 24.3 Å². The molecule has 2 N–H and O–H groups in total. The van der Waals surface area contributed by atoms with Crippen LogP contribution in [0.3, 0.4) is 0 Å². The number of carboxylic acid groups (broad SMARTS) is 1. The molecule has 0 aliphatic heterocycles. The van der Waals surface area contributed by atoms with Gasteiger partial charge in [0.15, 0.2) is 0 Å². The van der Waals surface area contributed by atoms with Crippen LogP contribution in [0.4, 0.5) is 0 Å². The van der Waals surface area contributed by atoms with E-state index < -0.39 is 5.97 Å². The quantitative estimate of drug-likeness (QED) is 0.647. The van der Waals surface area contributed by atoms with Crippen molar-refractivity contribution in [3.8, 4) is 5.75 Å². The molecule has 28 heavy (non-hydrogen) atoms. The summed E-state index contributed by atoms with van der Waals surface area (Å²) >= 11 is 1.09. The highest BCUT2D eigenvalue weighted by atomic mass is 32.1. The normalized spacial score (nSPS) is 13.1. The molecule has 0 saturated heterocycles. The number of carboxylic acids is 1. The Balaban J connectivity index is 1.75. The van der Waals surface area contributed by atoms with Gasteiger partial charge in [0, 0.05) is 0 Å². The van der Waals surface area contributed by atoms with Crippen molar-refractivity contribution in [2.45, 2.75) is 32.7 Å². The predicted octanol–water partition coefficient (Wildman–Crippen LogP) is 4.29. The van der Waals surface area contributed by atoms with E-state index in [1.165, 1.54) is 0 Å². The minimum Gasteiger partial charge on any atom is -0.497 e. The van der Waals surface area contributed by atoms with E-state index in [4.69, 9.17) is 4.74 Å². The number of nitrogens with one attached hydrogen (secondary N) is 1. The van der Waals surface area contributed by atoms with Crippen molar-refractivity contribution in [1.82, 2.24) is 10.3 Å². The van der Waals surface area contributed by atoms with Crippen molar-refractivity contribution in [2.24, 2.45) is 0 Å². The molecule has 0 bridgehead atoms. The van der Waals surface area contributed by atoms with Crippen LogP contribution in [0.15, 0.2) is 36.4 Å². The minimum absolute atomic E-state index is 0.134. The van der Waals surface area contributed by atoms with E-state index >= 15 is 0 Å². The molecule has 0 fully saturated rings. The molecule has 3 aromatic rings. The van der Waals surface area contributed by atoms with Crippen LogP contribution >= 0.6 is 11.3 Å².